The summed E-state index contributed by atoms with van der Waals surface area (Å²) in [6.45, 7) is 6.24. The minimum atomic E-state index is 0. The van der Waals surface area contributed by atoms with Gasteiger partial charge in [0.25, 0.3) is 0 Å². The summed E-state index contributed by atoms with van der Waals surface area (Å²) in [5, 5.41) is 5.14. The van der Waals surface area contributed by atoms with Crippen molar-refractivity contribution in [1.82, 2.24) is 14.0 Å². The Morgan fingerprint density at radius 3 is 2.27 bits per heavy atom. The second-order valence-corrected chi connectivity index (χ2v) is 10.5. The fourth-order valence-electron chi connectivity index (χ4n) is 5.47. The van der Waals surface area contributed by atoms with Crippen molar-refractivity contribution in [2.75, 3.05) is 0 Å². The zero-order valence-corrected chi connectivity index (χ0v) is 25.8. The molecule has 4 aromatic heterocycles. The van der Waals surface area contributed by atoms with Crippen molar-refractivity contribution in [2.45, 2.75) is 20.8 Å². The largest absolute Gasteiger partial charge is 3.00 e. The average Bonchev–Trinajstić information content (AvgIpc) is 3.66. The quantitative estimate of drug-likeness (QED) is 0.135. The first-order valence-electron chi connectivity index (χ1n) is 13.5. The molecular weight excluding hydrogens is 681 g/mol. The van der Waals surface area contributed by atoms with E-state index in [4.69, 9.17) is 0 Å². The van der Waals surface area contributed by atoms with Gasteiger partial charge in [0, 0.05) is 34.9 Å². The van der Waals surface area contributed by atoms with Crippen molar-refractivity contribution in [3.63, 3.8) is 0 Å². The summed E-state index contributed by atoms with van der Waals surface area (Å²) in [7, 11) is 1.97. The molecule has 0 radical (unpaired) electrons. The zero-order valence-electron chi connectivity index (χ0n) is 23.4. The van der Waals surface area contributed by atoms with E-state index in [1.54, 1.807) is 0 Å². The molecule has 200 valence electrons. The van der Waals surface area contributed by atoms with Crippen LogP contribution in [0.5, 0.6) is 0 Å². The van der Waals surface area contributed by atoms with Gasteiger partial charge in [-0.1, -0.05) is 66.2 Å². The number of para-hydroxylation sites is 2. The Bertz CT molecular complexity index is 2150. The van der Waals surface area contributed by atoms with Crippen LogP contribution in [0.15, 0.2) is 97.5 Å². The monoisotopic (exact) mass is 709 g/mol. The number of hydrogen-bond donors (Lipinski definition) is 0. The van der Waals surface area contributed by atoms with Gasteiger partial charge in [-0.3, -0.25) is 0 Å². The van der Waals surface area contributed by atoms with E-state index in [0.29, 0.717) is 0 Å². The van der Waals surface area contributed by atoms with Crippen LogP contribution in [0.3, 0.4) is 0 Å². The number of aryl methyl sites for hydroxylation is 4. The topological polar surface area (TPSA) is 26.1 Å². The number of imidazole rings is 1. The number of fused-ring (bicyclic) bond motifs is 6. The van der Waals surface area contributed by atoms with Crippen molar-refractivity contribution in [3.05, 3.63) is 133 Å². The maximum absolute atomic E-state index is 4.41. The van der Waals surface area contributed by atoms with Crippen LogP contribution in [0.4, 0.5) is 0 Å². The Morgan fingerprint density at radius 1 is 0.756 bits per heavy atom. The molecule has 0 aliphatic rings. The molecule has 4 aromatic carbocycles. The fourth-order valence-corrected chi connectivity index (χ4v) is 5.47. The van der Waals surface area contributed by atoms with E-state index in [1.165, 1.54) is 54.8 Å². The maximum Gasteiger partial charge on any atom is 3.00 e. The van der Waals surface area contributed by atoms with Gasteiger partial charge < -0.3 is 18.5 Å². The van der Waals surface area contributed by atoms with Gasteiger partial charge >= 0.3 is 20.1 Å². The molecule has 0 atom stereocenters. The molecule has 0 bridgehead atoms. The van der Waals surface area contributed by atoms with E-state index in [0.717, 1.165) is 16.9 Å². The van der Waals surface area contributed by atoms with Crippen LogP contribution in [-0.2, 0) is 27.2 Å². The number of nitrogens with zero attached hydrogens (tertiary/aromatic N) is 4. The van der Waals surface area contributed by atoms with Crippen LogP contribution in [0.25, 0.3) is 55.0 Å². The molecule has 0 spiro atoms. The maximum atomic E-state index is 4.41. The Balaban J connectivity index is 0.000000164. The fraction of sp³-hybridized carbons (Fsp3) is 0.111. The SMILES string of the molecule is C[n+]1[c-]n(-c2[c-]cc3c4cccc5c6ccccc6n(c3c2)c54)cc1.Cc1c[c-]c(-c2cc(C)c(C)cn2)cc1.[Ir+3]. The summed E-state index contributed by atoms with van der Waals surface area (Å²) in [6, 6.07) is 34.4. The molecule has 0 fully saturated rings. The van der Waals surface area contributed by atoms with Gasteiger partial charge in [-0.05, 0) is 36.6 Å². The van der Waals surface area contributed by atoms with E-state index >= 15 is 0 Å². The molecule has 0 saturated heterocycles. The zero-order chi connectivity index (χ0) is 27.4. The predicted molar refractivity (Wildman–Crippen MR) is 162 cm³/mol. The first kappa shape index (κ1) is 26.9. The predicted octanol–water partition coefficient (Wildman–Crippen LogP) is 7.52. The van der Waals surface area contributed by atoms with Crippen molar-refractivity contribution < 1.29 is 24.7 Å². The minimum absolute atomic E-state index is 0. The van der Waals surface area contributed by atoms with Crippen LogP contribution in [0.2, 0.25) is 0 Å². The molecule has 4 heterocycles. The molecule has 8 rings (SSSR count). The normalized spacial score (nSPS) is 11.2. The van der Waals surface area contributed by atoms with Crippen LogP contribution >= 0.6 is 0 Å². The minimum Gasteiger partial charge on any atom is -0.348 e. The molecular formula is C36H28IrN4+. The third kappa shape index (κ3) is 4.61. The molecule has 0 amide bonds. The summed E-state index contributed by atoms with van der Waals surface area (Å²) in [5.41, 5.74) is 10.5. The summed E-state index contributed by atoms with van der Waals surface area (Å²) in [6.07, 6.45) is 9.16. The summed E-state index contributed by atoms with van der Waals surface area (Å²) >= 11 is 0. The third-order valence-corrected chi connectivity index (χ3v) is 7.72. The number of aromatic nitrogens is 4. The van der Waals surface area contributed by atoms with Crippen molar-refractivity contribution in [1.29, 1.82) is 0 Å². The average molecular weight is 709 g/mol. The van der Waals surface area contributed by atoms with Crippen LogP contribution in [-0.4, -0.2) is 14.0 Å². The number of benzene rings is 4. The van der Waals surface area contributed by atoms with Gasteiger partial charge in [0.1, 0.15) is 0 Å². The van der Waals surface area contributed by atoms with E-state index in [2.05, 4.69) is 121 Å². The van der Waals surface area contributed by atoms with Crippen LogP contribution < -0.4 is 4.57 Å². The van der Waals surface area contributed by atoms with Crippen LogP contribution in [0, 0.1) is 39.2 Å². The standard InChI is InChI=1S/C22H14N3.C14H14N.Ir/c1-23-11-12-24(14-23)15-9-10-17-19-7-4-6-18-16-5-2-3-8-20(16)25(22(18)19)21(17)13-15;1-10-4-6-13(7-5-10)14-8-11(2)12(3)9-15-14;/h2-8,10-13H,1H3;4-6,8-9H,1-3H3;/q2*-1;+3. The van der Waals surface area contributed by atoms with E-state index in [9.17, 15) is 0 Å². The Hall–Kier alpha value is -4.31. The van der Waals surface area contributed by atoms with Crippen LogP contribution in [0.1, 0.15) is 16.7 Å². The molecule has 0 aliphatic heterocycles. The number of rotatable bonds is 2. The van der Waals surface area contributed by atoms with E-state index in [-0.39, 0.29) is 20.1 Å². The Labute approximate surface area is 253 Å². The summed E-state index contributed by atoms with van der Waals surface area (Å²) in [5.74, 6) is 0. The Morgan fingerprint density at radius 2 is 1.54 bits per heavy atom. The molecule has 8 aromatic rings. The number of pyridine rings is 1. The van der Waals surface area contributed by atoms with Crippen molar-refractivity contribution in [2.24, 2.45) is 7.05 Å². The van der Waals surface area contributed by atoms with Crippen molar-refractivity contribution in [3.8, 4) is 16.9 Å². The Kier molecular flexibility index (Phi) is 6.94. The van der Waals surface area contributed by atoms with Gasteiger partial charge in [-0.15, -0.1) is 46.8 Å². The molecule has 0 unspecified atom stereocenters. The first-order chi connectivity index (χ1) is 19.5. The smallest absolute Gasteiger partial charge is 0.348 e. The molecule has 0 saturated carbocycles. The summed E-state index contributed by atoms with van der Waals surface area (Å²) in [4.78, 5) is 4.41. The van der Waals surface area contributed by atoms with Gasteiger partial charge in [-0.25, -0.2) is 0 Å². The van der Waals surface area contributed by atoms with E-state index < -0.39 is 0 Å². The summed E-state index contributed by atoms with van der Waals surface area (Å²) < 4.78 is 6.28. The second-order valence-electron chi connectivity index (χ2n) is 10.5. The second kappa shape index (κ2) is 10.6. The van der Waals surface area contributed by atoms with E-state index in [1.807, 2.05) is 40.8 Å². The van der Waals surface area contributed by atoms with Crippen molar-refractivity contribution >= 4 is 38.1 Å². The number of hydrogen-bond acceptors (Lipinski definition) is 1. The van der Waals surface area contributed by atoms with Gasteiger partial charge in [0.2, 0.25) is 6.33 Å². The third-order valence-electron chi connectivity index (χ3n) is 7.72. The molecule has 0 aliphatic carbocycles. The van der Waals surface area contributed by atoms with Gasteiger partial charge in [-0.2, -0.15) is 12.1 Å². The van der Waals surface area contributed by atoms with Gasteiger partial charge in [0.15, 0.2) is 0 Å². The molecule has 0 N–H and O–H groups in total. The molecule has 4 nitrogen and oxygen atoms in total. The molecule has 5 heteroatoms. The molecule has 41 heavy (non-hydrogen) atoms. The van der Waals surface area contributed by atoms with Gasteiger partial charge in [0.05, 0.1) is 12.6 Å². The first-order valence-corrected chi connectivity index (χ1v) is 13.5.